The third-order valence-electron chi connectivity index (χ3n) is 5.68. The molecule has 0 radical (unpaired) electrons. The van der Waals surface area contributed by atoms with Crippen molar-refractivity contribution < 1.29 is 14.3 Å². The molecule has 164 valence electrons. The van der Waals surface area contributed by atoms with E-state index in [9.17, 15) is 9.59 Å². The Morgan fingerprint density at radius 1 is 1.03 bits per heavy atom. The van der Waals surface area contributed by atoms with E-state index in [1.54, 1.807) is 6.08 Å². The zero-order valence-electron chi connectivity index (χ0n) is 18.4. The molecule has 2 aromatic rings. The molecule has 0 bridgehead atoms. The summed E-state index contributed by atoms with van der Waals surface area (Å²) < 4.78 is 5.88. The first-order chi connectivity index (χ1) is 15.0. The van der Waals surface area contributed by atoms with E-state index in [4.69, 9.17) is 4.74 Å². The van der Waals surface area contributed by atoms with Crippen LogP contribution in [0.15, 0.2) is 54.2 Å². The lowest BCUT2D eigenvalue weighted by Gasteiger charge is -2.21. The molecule has 0 saturated heterocycles. The number of carbonyl (C=O) groups excluding carboxylic acids is 2. The van der Waals surface area contributed by atoms with Crippen LogP contribution in [0.5, 0.6) is 5.75 Å². The maximum atomic E-state index is 12.8. The average molecular weight is 421 g/mol. The standard InChI is InChI=1S/C26H32N2O3/c1-19-8-6-7-11-22(19)18-25(27-20(2)29)26(30)28-23-12-14-24(15-13-23)31-17-16-21-9-4-3-5-10-21/h6-8,11-15,18,21H,3-5,9-10,16-17H2,1-2H3,(H,27,29)(H,28,30)/b25-18+. The molecular formula is C26H32N2O3. The molecule has 0 spiro atoms. The van der Waals surface area contributed by atoms with Crippen molar-refractivity contribution in [2.75, 3.05) is 11.9 Å². The smallest absolute Gasteiger partial charge is 0.272 e. The van der Waals surface area contributed by atoms with Crippen LogP contribution in [-0.4, -0.2) is 18.4 Å². The van der Waals surface area contributed by atoms with Crippen molar-refractivity contribution in [3.8, 4) is 5.75 Å². The minimum absolute atomic E-state index is 0.203. The van der Waals surface area contributed by atoms with Crippen LogP contribution < -0.4 is 15.4 Å². The Labute approximate surface area is 184 Å². The Morgan fingerprint density at radius 3 is 2.42 bits per heavy atom. The molecule has 1 fully saturated rings. The summed E-state index contributed by atoms with van der Waals surface area (Å²) in [5.74, 6) is 0.923. The summed E-state index contributed by atoms with van der Waals surface area (Å²) >= 11 is 0. The summed E-state index contributed by atoms with van der Waals surface area (Å²) in [4.78, 5) is 24.4. The number of carbonyl (C=O) groups is 2. The Bertz CT molecular complexity index is 913. The first-order valence-electron chi connectivity index (χ1n) is 11.1. The Hall–Kier alpha value is -3.08. The molecular weight excluding hydrogens is 388 g/mol. The zero-order chi connectivity index (χ0) is 22.1. The fraction of sp³-hybridized carbons (Fsp3) is 0.385. The van der Waals surface area contributed by atoms with E-state index in [0.717, 1.165) is 35.8 Å². The summed E-state index contributed by atoms with van der Waals surface area (Å²) in [7, 11) is 0. The molecule has 0 unspecified atom stereocenters. The van der Waals surface area contributed by atoms with Crippen molar-refractivity contribution in [1.82, 2.24) is 5.32 Å². The number of rotatable bonds is 8. The number of nitrogens with one attached hydrogen (secondary N) is 2. The second-order valence-electron chi connectivity index (χ2n) is 8.22. The maximum Gasteiger partial charge on any atom is 0.272 e. The van der Waals surface area contributed by atoms with E-state index >= 15 is 0 Å². The maximum absolute atomic E-state index is 12.8. The molecule has 5 nitrogen and oxygen atoms in total. The average Bonchev–Trinajstić information content (AvgIpc) is 2.76. The molecule has 5 heteroatoms. The molecule has 2 N–H and O–H groups in total. The molecule has 0 aromatic heterocycles. The zero-order valence-corrected chi connectivity index (χ0v) is 18.4. The number of anilines is 1. The Balaban J connectivity index is 1.58. The third kappa shape index (κ3) is 7.28. The first kappa shape index (κ1) is 22.6. The summed E-state index contributed by atoms with van der Waals surface area (Å²) in [5.41, 5.74) is 2.75. The van der Waals surface area contributed by atoms with Gasteiger partial charge in [0.15, 0.2) is 0 Å². The molecule has 1 aliphatic rings. The van der Waals surface area contributed by atoms with Crippen LogP contribution in [0.3, 0.4) is 0 Å². The lowest BCUT2D eigenvalue weighted by atomic mass is 9.87. The van der Waals surface area contributed by atoms with E-state index in [-0.39, 0.29) is 17.5 Å². The van der Waals surface area contributed by atoms with Crippen molar-refractivity contribution >= 4 is 23.6 Å². The highest BCUT2D eigenvalue weighted by Gasteiger charge is 2.14. The molecule has 0 atom stereocenters. The van der Waals surface area contributed by atoms with Gasteiger partial charge in [-0.05, 0) is 60.7 Å². The highest BCUT2D eigenvalue weighted by atomic mass is 16.5. The predicted molar refractivity (Wildman–Crippen MR) is 125 cm³/mol. The van der Waals surface area contributed by atoms with Crippen LogP contribution in [0.1, 0.15) is 56.6 Å². The lowest BCUT2D eigenvalue weighted by molar-refractivity contribution is -0.120. The second-order valence-corrected chi connectivity index (χ2v) is 8.22. The largest absolute Gasteiger partial charge is 0.494 e. The minimum Gasteiger partial charge on any atom is -0.494 e. The van der Waals surface area contributed by atoms with Gasteiger partial charge in [-0.2, -0.15) is 0 Å². The van der Waals surface area contributed by atoms with Gasteiger partial charge in [0, 0.05) is 12.6 Å². The molecule has 0 aliphatic heterocycles. The van der Waals surface area contributed by atoms with E-state index in [0.29, 0.717) is 5.69 Å². The summed E-state index contributed by atoms with van der Waals surface area (Å²) in [6, 6.07) is 15.0. The van der Waals surface area contributed by atoms with Gasteiger partial charge >= 0.3 is 0 Å². The predicted octanol–water partition coefficient (Wildman–Crippen LogP) is 5.46. The van der Waals surface area contributed by atoms with Gasteiger partial charge in [-0.3, -0.25) is 9.59 Å². The molecule has 1 saturated carbocycles. The molecule has 31 heavy (non-hydrogen) atoms. The van der Waals surface area contributed by atoms with Crippen molar-refractivity contribution in [3.05, 3.63) is 65.4 Å². The summed E-state index contributed by atoms with van der Waals surface area (Å²) in [6.07, 6.45) is 9.49. The number of ether oxygens (including phenoxy) is 1. The van der Waals surface area contributed by atoms with Crippen LogP contribution in [0.25, 0.3) is 6.08 Å². The van der Waals surface area contributed by atoms with E-state index < -0.39 is 0 Å². The fourth-order valence-corrected chi connectivity index (χ4v) is 3.90. The Kier molecular flexibility index (Phi) is 8.27. The van der Waals surface area contributed by atoms with Crippen LogP contribution in [0.4, 0.5) is 5.69 Å². The molecule has 2 aromatic carbocycles. The number of benzene rings is 2. The molecule has 0 heterocycles. The molecule has 3 rings (SSSR count). The van der Waals surface area contributed by atoms with Gasteiger partial charge in [0.25, 0.3) is 5.91 Å². The lowest BCUT2D eigenvalue weighted by Crippen LogP contribution is -2.29. The van der Waals surface area contributed by atoms with Crippen molar-refractivity contribution in [1.29, 1.82) is 0 Å². The van der Waals surface area contributed by atoms with E-state index in [2.05, 4.69) is 10.6 Å². The monoisotopic (exact) mass is 420 g/mol. The van der Waals surface area contributed by atoms with Crippen LogP contribution in [-0.2, 0) is 9.59 Å². The number of hydrogen-bond donors (Lipinski definition) is 2. The van der Waals surface area contributed by atoms with Gasteiger partial charge in [0.05, 0.1) is 6.61 Å². The van der Waals surface area contributed by atoms with Gasteiger partial charge < -0.3 is 15.4 Å². The second kappa shape index (κ2) is 11.3. The number of aryl methyl sites for hydroxylation is 1. The van der Waals surface area contributed by atoms with Crippen LogP contribution in [0.2, 0.25) is 0 Å². The summed E-state index contributed by atoms with van der Waals surface area (Å²) in [6.45, 7) is 4.07. The Morgan fingerprint density at radius 2 is 1.74 bits per heavy atom. The van der Waals surface area contributed by atoms with Crippen LogP contribution >= 0.6 is 0 Å². The highest BCUT2D eigenvalue weighted by molar-refractivity contribution is 6.08. The third-order valence-corrected chi connectivity index (χ3v) is 5.68. The first-order valence-corrected chi connectivity index (χ1v) is 11.1. The quantitative estimate of drug-likeness (QED) is 0.557. The molecule has 2 amide bonds. The van der Waals surface area contributed by atoms with E-state index in [1.165, 1.54) is 39.0 Å². The van der Waals surface area contributed by atoms with Gasteiger partial charge in [0.1, 0.15) is 11.4 Å². The van der Waals surface area contributed by atoms with Crippen LogP contribution in [0, 0.1) is 12.8 Å². The number of amides is 2. The van der Waals surface area contributed by atoms with Gasteiger partial charge in [-0.25, -0.2) is 0 Å². The van der Waals surface area contributed by atoms with Crippen molar-refractivity contribution in [3.63, 3.8) is 0 Å². The van der Waals surface area contributed by atoms with Crippen molar-refractivity contribution in [2.45, 2.75) is 52.4 Å². The SMILES string of the molecule is CC(=O)N/C(=C/c1ccccc1C)C(=O)Nc1ccc(OCCC2CCCCC2)cc1. The normalized spacial score (nSPS) is 14.7. The van der Waals surface area contributed by atoms with Crippen molar-refractivity contribution in [2.24, 2.45) is 5.92 Å². The fourth-order valence-electron chi connectivity index (χ4n) is 3.90. The van der Waals surface area contributed by atoms with E-state index in [1.807, 2.05) is 55.5 Å². The highest BCUT2D eigenvalue weighted by Crippen LogP contribution is 2.26. The topological polar surface area (TPSA) is 67.4 Å². The van der Waals surface area contributed by atoms with Gasteiger partial charge in [0.2, 0.25) is 5.91 Å². The van der Waals surface area contributed by atoms with Gasteiger partial charge in [-0.15, -0.1) is 0 Å². The molecule has 1 aliphatic carbocycles. The number of hydrogen-bond acceptors (Lipinski definition) is 3. The van der Waals surface area contributed by atoms with Gasteiger partial charge in [-0.1, -0.05) is 56.4 Å². The minimum atomic E-state index is -0.371. The summed E-state index contributed by atoms with van der Waals surface area (Å²) in [5, 5.41) is 5.48.